The van der Waals surface area contributed by atoms with Crippen LogP contribution in [0.15, 0.2) is 30.5 Å². The zero-order valence-electron chi connectivity index (χ0n) is 10.9. The summed E-state index contributed by atoms with van der Waals surface area (Å²) in [6, 6.07) is 7.94. The average Bonchev–Trinajstić information content (AvgIpc) is 2.79. The highest BCUT2D eigenvalue weighted by Gasteiger charge is 2.17. The van der Waals surface area contributed by atoms with Gasteiger partial charge in [-0.15, -0.1) is 0 Å². The molecule has 19 heavy (non-hydrogen) atoms. The van der Waals surface area contributed by atoms with Gasteiger partial charge in [-0.1, -0.05) is 37.6 Å². The first-order valence-corrected chi connectivity index (χ1v) is 6.43. The summed E-state index contributed by atoms with van der Waals surface area (Å²) >= 11 is 0. The molecule has 0 aliphatic carbocycles. The number of aromatic carboxylic acids is 1. The van der Waals surface area contributed by atoms with Gasteiger partial charge in [-0.25, -0.2) is 4.79 Å². The van der Waals surface area contributed by atoms with Gasteiger partial charge in [0.1, 0.15) is 5.56 Å². The minimum Gasteiger partial charge on any atom is -0.478 e. The van der Waals surface area contributed by atoms with Crippen LogP contribution < -0.4 is 5.73 Å². The van der Waals surface area contributed by atoms with Crippen molar-refractivity contribution in [3.05, 3.63) is 41.6 Å². The number of H-pyrrole nitrogens is 1. The van der Waals surface area contributed by atoms with Gasteiger partial charge in [0, 0.05) is 6.20 Å². The van der Waals surface area contributed by atoms with Crippen molar-refractivity contribution in [2.24, 2.45) is 0 Å². The molecule has 1 aromatic heterocycles. The summed E-state index contributed by atoms with van der Waals surface area (Å²) in [6.07, 6.45) is 4.90. The number of nitrogens with two attached hydrogens (primary N) is 1. The van der Waals surface area contributed by atoms with Crippen LogP contribution in [0.1, 0.15) is 35.7 Å². The van der Waals surface area contributed by atoms with E-state index in [1.54, 1.807) is 0 Å². The SMILES string of the molecule is CCCCc1ccc(-c2[nH]cc(N)c2C(=O)O)cc1. The molecule has 0 bridgehead atoms. The van der Waals surface area contributed by atoms with Gasteiger partial charge in [0.2, 0.25) is 0 Å². The topological polar surface area (TPSA) is 79.1 Å². The molecule has 4 heteroatoms. The number of carboxylic acids is 1. The molecule has 4 nitrogen and oxygen atoms in total. The predicted octanol–water partition coefficient (Wildman–Crippen LogP) is 3.30. The molecule has 100 valence electrons. The summed E-state index contributed by atoms with van der Waals surface area (Å²) in [5.41, 5.74) is 8.73. The molecule has 0 unspecified atom stereocenters. The van der Waals surface area contributed by atoms with Gasteiger partial charge in [-0.3, -0.25) is 0 Å². The highest BCUT2D eigenvalue weighted by molar-refractivity contribution is 6.00. The molecule has 0 atom stereocenters. The van der Waals surface area contributed by atoms with Gasteiger partial charge in [-0.05, 0) is 24.0 Å². The van der Waals surface area contributed by atoms with Crippen molar-refractivity contribution in [3.8, 4) is 11.3 Å². The number of nitrogens with one attached hydrogen (secondary N) is 1. The maximum Gasteiger partial charge on any atom is 0.340 e. The number of rotatable bonds is 5. The minimum absolute atomic E-state index is 0.140. The lowest BCUT2D eigenvalue weighted by Gasteiger charge is -2.04. The molecule has 0 saturated carbocycles. The summed E-state index contributed by atoms with van der Waals surface area (Å²) in [4.78, 5) is 14.1. The van der Waals surface area contributed by atoms with Gasteiger partial charge in [-0.2, -0.15) is 0 Å². The Morgan fingerprint density at radius 3 is 2.58 bits per heavy atom. The van der Waals surface area contributed by atoms with Crippen molar-refractivity contribution in [3.63, 3.8) is 0 Å². The molecular formula is C15H18N2O2. The highest BCUT2D eigenvalue weighted by Crippen LogP contribution is 2.27. The fourth-order valence-electron chi connectivity index (χ4n) is 2.12. The Morgan fingerprint density at radius 1 is 1.32 bits per heavy atom. The molecule has 2 aromatic rings. The molecule has 0 spiro atoms. The van der Waals surface area contributed by atoms with Gasteiger partial charge >= 0.3 is 5.97 Å². The second kappa shape index (κ2) is 5.61. The number of hydrogen-bond donors (Lipinski definition) is 3. The summed E-state index contributed by atoms with van der Waals surface area (Å²) in [5, 5.41) is 9.17. The first-order valence-electron chi connectivity index (χ1n) is 6.43. The van der Waals surface area contributed by atoms with E-state index in [9.17, 15) is 4.79 Å². The number of hydrogen-bond acceptors (Lipinski definition) is 2. The third-order valence-electron chi connectivity index (χ3n) is 3.19. The van der Waals surface area contributed by atoms with Crippen molar-refractivity contribution >= 4 is 11.7 Å². The zero-order chi connectivity index (χ0) is 13.8. The second-order valence-corrected chi connectivity index (χ2v) is 4.60. The normalized spacial score (nSPS) is 10.6. The lowest BCUT2D eigenvalue weighted by Crippen LogP contribution is -2.01. The maximum absolute atomic E-state index is 11.2. The number of carboxylic acid groups (broad SMARTS) is 1. The van der Waals surface area contributed by atoms with Crippen molar-refractivity contribution in [1.82, 2.24) is 4.98 Å². The fraction of sp³-hybridized carbons (Fsp3) is 0.267. The van der Waals surface area contributed by atoms with E-state index in [0.29, 0.717) is 5.69 Å². The molecule has 0 amide bonds. The Balaban J connectivity index is 2.30. The van der Waals surface area contributed by atoms with Crippen LogP contribution in [0, 0.1) is 0 Å². The second-order valence-electron chi connectivity index (χ2n) is 4.60. The van der Waals surface area contributed by atoms with E-state index in [-0.39, 0.29) is 11.3 Å². The van der Waals surface area contributed by atoms with Crippen LogP contribution in [0.25, 0.3) is 11.3 Å². The van der Waals surface area contributed by atoms with E-state index in [4.69, 9.17) is 10.8 Å². The predicted molar refractivity (Wildman–Crippen MR) is 76.2 cm³/mol. The van der Waals surface area contributed by atoms with Gasteiger partial charge in [0.05, 0.1) is 11.4 Å². The van der Waals surface area contributed by atoms with Crippen molar-refractivity contribution < 1.29 is 9.90 Å². The number of aryl methyl sites for hydroxylation is 1. The maximum atomic E-state index is 11.2. The average molecular weight is 258 g/mol. The minimum atomic E-state index is -1.01. The Bertz CT molecular complexity index is 570. The van der Waals surface area contributed by atoms with Crippen LogP contribution in [0.2, 0.25) is 0 Å². The van der Waals surface area contributed by atoms with E-state index in [1.807, 2.05) is 24.3 Å². The van der Waals surface area contributed by atoms with Gasteiger partial charge < -0.3 is 15.8 Å². The zero-order valence-corrected chi connectivity index (χ0v) is 10.9. The molecule has 0 aliphatic rings. The summed E-state index contributed by atoms with van der Waals surface area (Å²) in [6.45, 7) is 2.16. The van der Waals surface area contributed by atoms with Gasteiger partial charge in [0.25, 0.3) is 0 Å². The van der Waals surface area contributed by atoms with Crippen LogP contribution in [-0.4, -0.2) is 16.1 Å². The first-order chi connectivity index (χ1) is 9.13. The molecule has 0 aliphatic heterocycles. The number of nitrogen functional groups attached to an aromatic ring is 1. The molecule has 0 fully saturated rings. The Kier molecular flexibility index (Phi) is 3.90. The van der Waals surface area contributed by atoms with E-state index >= 15 is 0 Å². The highest BCUT2D eigenvalue weighted by atomic mass is 16.4. The molecular weight excluding hydrogens is 240 g/mol. The van der Waals surface area contributed by atoms with Crippen LogP contribution in [0.3, 0.4) is 0 Å². The van der Waals surface area contributed by atoms with E-state index < -0.39 is 5.97 Å². The van der Waals surface area contributed by atoms with Crippen LogP contribution in [0.5, 0.6) is 0 Å². The summed E-state index contributed by atoms with van der Waals surface area (Å²) in [7, 11) is 0. The van der Waals surface area contributed by atoms with Crippen molar-refractivity contribution in [2.75, 3.05) is 5.73 Å². The molecule has 1 heterocycles. The molecule has 2 rings (SSSR count). The van der Waals surface area contributed by atoms with Crippen LogP contribution in [0.4, 0.5) is 5.69 Å². The van der Waals surface area contributed by atoms with Crippen LogP contribution in [-0.2, 0) is 6.42 Å². The lowest BCUT2D eigenvalue weighted by atomic mass is 10.0. The van der Waals surface area contributed by atoms with E-state index in [1.165, 1.54) is 11.8 Å². The number of anilines is 1. The van der Waals surface area contributed by atoms with Gasteiger partial charge in [0.15, 0.2) is 0 Å². The molecule has 0 saturated heterocycles. The van der Waals surface area contributed by atoms with Crippen molar-refractivity contribution in [1.29, 1.82) is 0 Å². The standard InChI is InChI=1S/C15H18N2O2/c1-2-3-4-10-5-7-11(8-6-10)14-13(15(18)19)12(16)9-17-14/h5-9,17H,2-4,16H2,1H3,(H,18,19). The lowest BCUT2D eigenvalue weighted by molar-refractivity contribution is 0.0699. The summed E-state index contributed by atoms with van der Waals surface area (Å²) in [5.74, 6) is -1.01. The summed E-state index contributed by atoms with van der Waals surface area (Å²) < 4.78 is 0. The number of benzene rings is 1. The monoisotopic (exact) mass is 258 g/mol. The third kappa shape index (κ3) is 2.78. The Labute approximate surface area is 112 Å². The van der Waals surface area contributed by atoms with Crippen LogP contribution >= 0.6 is 0 Å². The van der Waals surface area contributed by atoms with E-state index in [2.05, 4.69) is 11.9 Å². The Hall–Kier alpha value is -2.23. The molecule has 1 aromatic carbocycles. The number of aromatic amines is 1. The first kappa shape index (κ1) is 13.2. The molecule has 4 N–H and O–H groups in total. The Morgan fingerprint density at radius 2 is 2.00 bits per heavy atom. The van der Waals surface area contributed by atoms with Crippen molar-refractivity contribution in [2.45, 2.75) is 26.2 Å². The third-order valence-corrected chi connectivity index (χ3v) is 3.19. The quantitative estimate of drug-likeness (QED) is 0.769. The van der Waals surface area contributed by atoms with E-state index in [0.717, 1.165) is 24.8 Å². The number of unbranched alkanes of at least 4 members (excludes halogenated alkanes) is 1. The fourth-order valence-corrected chi connectivity index (χ4v) is 2.12. The largest absolute Gasteiger partial charge is 0.478 e. The number of carbonyl (C=O) groups is 1. The molecule has 0 radical (unpaired) electrons. The smallest absolute Gasteiger partial charge is 0.340 e. The number of aromatic nitrogens is 1.